The van der Waals surface area contributed by atoms with Crippen molar-refractivity contribution < 1.29 is 4.79 Å². The number of para-hydroxylation sites is 1. The van der Waals surface area contributed by atoms with Gasteiger partial charge in [-0.05, 0) is 36.8 Å². The van der Waals surface area contributed by atoms with Gasteiger partial charge in [-0.3, -0.25) is 4.79 Å². The van der Waals surface area contributed by atoms with Crippen molar-refractivity contribution in [3.8, 4) is 0 Å². The molecule has 6 nitrogen and oxygen atoms in total. The third-order valence-electron chi connectivity index (χ3n) is 3.30. The number of amides is 1. The minimum absolute atomic E-state index is 0.0653. The second-order valence-corrected chi connectivity index (χ2v) is 5.89. The summed E-state index contributed by atoms with van der Waals surface area (Å²) in [5.41, 5.74) is 5.78. The standard InChI is InChI=1S/C16H14BrN5O/c1-11(12-5-4-6-13(17)9-12)18-20-16(23)10-22-15-8-3-2-7-14(15)19-21-22/h2-9H,10H2,1H3,(H,20,23)/b18-11+. The molecule has 0 saturated heterocycles. The lowest BCUT2D eigenvalue weighted by Crippen LogP contribution is -2.24. The lowest BCUT2D eigenvalue weighted by Gasteiger charge is -2.04. The van der Waals surface area contributed by atoms with Gasteiger partial charge in [0.1, 0.15) is 12.1 Å². The van der Waals surface area contributed by atoms with Crippen molar-refractivity contribution in [3.05, 3.63) is 58.6 Å². The molecular formula is C16H14BrN5O. The Hall–Kier alpha value is -2.54. The van der Waals surface area contributed by atoms with Gasteiger partial charge in [-0.1, -0.05) is 45.4 Å². The van der Waals surface area contributed by atoms with Crippen molar-refractivity contribution in [2.45, 2.75) is 13.5 Å². The Morgan fingerprint density at radius 3 is 2.91 bits per heavy atom. The average Bonchev–Trinajstić information content (AvgIpc) is 2.96. The Bertz CT molecular complexity index is 887. The third-order valence-corrected chi connectivity index (χ3v) is 3.80. The molecule has 1 N–H and O–H groups in total. The van der Waals surface area contributed by atoms with Gasteiger partial charge < -0.3 is 0 Å². The van der Waals surface area contributed by atoms with Gasteiger partial charge in [-0.15, -0.1) is 5.10 Å². The van der Waals surface area contributed by atoms with Gasteiger partial charge in [-0.25, -0.2) is 10.1 Å². The molecule has 7 heteroatoms. The number of fused-ring (bicyclic) bond motifs is 1. The van der Waals surface area contributed by atoms with E-state index in [1.807, 2.05) is 55.5 Å². The predicted octanol–water partition coefficient (Wildman–Crippen LogP) is 2.73. The molecule has 0 aliphatic carbocycles. The number of carbonyl (C=O) groups is 1. The molecule has 1 amide bonds. The Morgan fingerprint density at radius 2 is 2.09 bits per heavy atom. The molecule has 0 radical (unpaired) electrons. The molecule has 0 spiro atoms. The summed E-state index contributed by atoms with van der Waals surface area (Å²) in [6, 6.07) is 15.2. The molecule has 1 aromatic heterocycles. The minimum Gasteiger partial charge on any atom is -0.271 e. The Kier molecular flexibility index (Phi) is 4.47. The van der Waals surface area contributed by atoms with Gasteiger partial charge in [-0.2, -0.15) is 5.10 Å². The van der Waals surface area contributed by atoms with Crippen LogP contribution in [0.5, 0.6) is 0 Å². The number of rotatable bonds is 4. The van der Waals surface area contributed by atoms with Gasteiger partial charge in [0.25, 0.3) is 5.91 Å². The molecule has 0 unspecified atom stereocenters. The molecule has 23 heavy (non-hydrogen) atoms. The first-order valence-electron chi connectivity index (χ1n) is 7.01. The highest BCUT2D eigenvalue weighted by molar-refractivity contribution is 9.10. The van der Waals surface area contributed by atoms with Crippen LogP contribution < -0.4 is 5.43 Å². The van der Waals surface area contributed by atoms with Crippen molar-refractivity contribution in [2.75, 3.05) is 0 Å². The lowest BCUT2D eigenvalue weighted by atomic mass is 10.1. The van der Waals surface area contributed by atoms with E-state index in [1.54, 1.807) is 4.68 Å². The summed E-state index contributed by atoms with van der Waals surface area (Å²) in [5, 5.41) is 12.1. The molecule has 116 valence electrons. The number of hydrogen-bond donors (Lipinski definition) is 1. The van der Waals surface area contributed by atoms with Crippen LogP contribution in [0.4, 0.5) is 0 Å². The zero-order valence-corrected chi connectivity index (χ0v) is 14.0. The SMILES string of the molecule is C/C(=N\NC(=O)Cn1nnc2ccccc21)c1cccc(Br)c1. The zero-order valence-electron chi connectivity index (χ0n) is 12.4. The number of nitrogens with one attached hydrogen (secondary N) is 1. The maximum absolute atomic E-state index is 12.0. The molecule has 0 bridgehead atoms. The van der Waals surface area contributed by atoms with Gasteiger partial charge >= 0.3 is 0 Å². The zero-order chi connectivity index (χ0) is 16.2. The Balaban J connectivity index is 1.69. The molecule has 0 aliphatic heterocycles. The van der Waals surface area contributed by atoms with Crippen LogP contribution in [0.1, 0.15) is 12.5 Å². The summed E-state index contributed by atoms with van der Waals surface area (Å²) >= 11 is 3.41. The fourth-order valence-corrected chi connectivity index (χ4v) is 2.53. The number of hydrazone groups is 1. The summed E-state index contributed by atoms with van der Waals surface area (Å²) in [6.07, 6.45) is 0. The highest BCUT2D eigenvalue weighted by Gasteiger charge is 2.08. The van der Waals surface area contributed by atoms with Crippen molar-refractivity contribution in [1.82, 2.24) is 20.4 Å². The van der Waals surface area contributed by atoms with E-state index in [0.717, 1.165) is 26.8 Å². The second kappa shape index (κ2) is 6.70. The van der Waals surface area contributed by atoms with Gasteiger partial charge in [0.15, 0.2) is 0 Å². The largest absolute Gasteiger partial charge is 0.271 e. The van der Waals surface area contributed by atoms with E-state index in [4.69, 9.17) is 0 Å². The summed E-state index contributed by atoms with van der Waals surface area (Å²) in [7, 11) is 0. The minimum atomic E-state index is -0.255. The first-order chi connectivity index (χ1) is 11.1. The summed E-state index contributed by atoms with van der Waals surface area (Å²) in [5.74, 6) is -0.255. The number of carbonyl (C=O) groups excluding carboxylic acids is 1. The van der Waals surface area contributed by atoms with E-state index >= 15 is 0 Å². The summed E-state index contributed by atoms with van der Waals surface area (Å²) < 4.78 is 2.51. The highest BCUT2D eigenvalue weighted by atomic mass is 79.9. The normalized spacial score (nSPS) is 11.7. The van der Waals surface area contributed by atoms with Crippen LogP contribution in [-0.2, 0) is 11.3 Å². The maximum atomic E-state index is 12.0. The van der Waals surface area contributed by atoms with Gasteiger partial charge in [0.2, 0.25) is 0 Å². The number of aromatic nitrogens is 3. The fourth-order valence-electron chi connectivity index (χ4n) is 2.13. The monoisotopic (exact) mass is 371 g/mol. The number of benzene rings is 2. The Morgan fingerprint density at radius 1 is 1.26 bits per heavy atom. The van der Waals surface area contributed by atoms with Crippen molar-refractivity contribution in [3.63, 3.8) is 0 Å². The van der Waals surface area contributed by atoms with Crippen LogP contribution in [-0.4, -0.2) is 26.6 Å². The molecule has 2 aromatic carbocycles. The molecular weight excluding hydrogens is 358 g/mol. The molecule has 0 aliphatic rings. The molecule has 3 aromatic rings. The molecule has 0 atom stereocenters. The van der Waals surface area contributed by atoms with Crippen LogP contribution in [0.25, 0.3) is 11.0 Å². The average molecular weight is 372 g/mol. The first kappa shape index (κ1) is 15.4. The van der Waals surface area contributed by atoms with Crippen molar-refractivity contribution in [1.29, 1.82) is 0 Å². The molecule has 3 rings (SSSR count). The van der Waals surface area contributed by atoms with Crippen LogP contribution in [0.3, 0.4) is 0 Å². The van der Waals surface area contributed by atoms with Crippen molar-refractivity contribution >= 4 is 38.6 Å². The lowest BCUT2D eigenvalue weighted by molar-refractivity contribution is -0.121. The van der Waals surface area contributed by atoms with Crippen LogP contribution >= 0.6 is 15.9 Å². The number of hydrogen-bond acceptors (Lipinski definition) is 4. The topological polar surface area (TPSA) is 72.2 Å². The smallest absolute Gasteiger partial charge is 0.261 e. The quantitative estimate of drug-likeness (QED) is 0.566. The molecule has 0 saturated carbocycles. The van der Waals surface area contributed by atoms with E-state index in [1.165, 1.54) is 0 Å². The van der Waals surface area contributed by atoms with Crippen LogP contribution in [0, 0.1) is 0 Å². The van der Waals surface area contributed by atoms with E-state index in [2.05, 4.69) is 36.8 Å². The van der Waals surface area contributed by atoms with E-state index in [-0.39, 0.29) is 12.5 Å². The fraction of sp³-hybridized carbons (Fsp3) is 0.125. The first-order valence-corrected chi connectivity index (χ1v) is 7.80. The Labute approximate surface area is 141 Å². The highest BCUT2D eigenvalue weighted by Crippen LogP contribution is 2.12. The second-order valence-electron chi connectivity index (χ2n) is 4.98. The van der Waals surface area contributed by atoms with E-state index in [9.17, 15) is 4.79 Å². The summed E-state index contributed by atoms with van der Waals surface area (Å²) in [4.78, 5) is 12.0. The van der Waals surface area contributed by atoms with Crippen LogP contribution in [0.15, 0.2) is 58.1 Å². The van der Waals surface area contributed by atoms with Crippen molar-refractivity contribution in [2.24, 2.45) is 5.10 Å². The number of halogens is 1. The maximum Gasteiger partial charge on any atom is 0.261 e. The van der Waals surface area contributed by atoms with E-state index in [0.29, 0.717) is 0 Å². The van der Waals surface area contributed by atoms with Gasteiger partial charge in [0.05, 0.1) is 11.2 Å². The van der Waals surface area contributed by atoms with E-state index < -0.39 is 0 Å². The summed E-state index contributed by atoms with van der Waals surface area (Å²) in [6.45, 7) is 1.91. The third kappa shape index (κ3) is 3.62. The van der Waals surface area contributed by atoms with Gasteiger partial charge in [0, 0.05) is 4.47 Å². The number of nitrogens with zero attached hydrogens (tertiary/aromatic N) is 4. The molecule has 0 fully saturated rings. The van der Waals surface area contributed by atoms with Crippen LogP contribution in [0.2, 0.25) is 0 Å². The molecule has 1 heterocycles. The predicted molar refractivity (Wildman–Crippen MR) is 92.0 cm³/mol.